The number of halogens is 1. The van der Waals surface area contributed by atoms with Gasteiger partial charge in [-0.05, 0) is 39.1 Å². The van der Waals surface area contributed by atoms with Crippen molar-refractivity contribution in [3.05, 3.63) is 29.6 Å². The highest BCUT2D eigenvalue weighted by Crippen LogP contribution is 2.30. The van der Waals surface area contributed by atoms with Gasteiger partial charge in [0.05, 0.1) is 5.69 Å². The number of rotatable bonds is 4. The highest BCUT2D eigenvalue weighted by molar-refractivity contribution is 5.95. The Balaban J connectivity index is 2.35. The number of likely N-dealkylation sites (N-methyl/N-ethyl adjacent to an activating group) is 1. The lowest BCUT2D eigenvalue weighted by atomic mass is 10.1. The van der Waals surface area contributed by atoms with Crippen LogP contribution in [0.15, 0.2) is 18.2 Å². The summed E-state index contributed by atoms with van der Waals surface area (Å²) in [5, 5.41) is 9.20. The van der Waals surface area contributed by atoms with Crippen LogP contribution in [0.3, 0.4) is 0 Å². The first-order valence-electron chi connectivity index (χ1n) is 6.44. The Bertz CT molecular complexity index is 477. The van der Waals surface area contributed by atoms with Crippen molar-refractivity contribution in [2.75, 3.05) is 32.1 Å². The Hall–Kier alpha value is -1.62. The van der Waals surface area contributed by atoms with Crippen molar-refractivity contribution in [3.63, 3.8) is 0 Å². The molecule has 0 bridgehead atoms. The van der Waals surface area contributed by atoms with Crippen LogP contribution >= 0.6 is 0 Å². The SMILES string of the molecule is CN(C)CC1CCCN1c1cccc(F)c1C(=O)O. The highest BCUT2D eigenvalue weighted by atomic mass is 19.1. The summed E-state index contributed by atoms with van der Waals surface area (Å²) in [4.78, 5) is 15.3. The van der Waals surface area contributed by atoms with Gasteiger partial charge in [-0.15, -0.1) is 0 Å². The second-order valence-corrected chi connectivity index (χ2v) is 5.19. The minimum Gasteiger partial charge on any atom is -0.478 e. The van der Waals surface area contributed by atoms with Gasteiger partial charge in [0, 0.05) is 19.1 Å². The van der Waals surface area contributed by atoms with E-state index in [1.807, 2.05) is 19.0 Å². The molecule has 0 amide bonds. The lowest BCUT2D eigenvalue weighted by molar-refractivity contribution is 0.0692. The molecule has 5 heteroatoms. The molecule has 0 spiro atoms. The molecule has 1 unspecified atom stereocenters. The third kappa shape index (κ3) is 2.87. The fraction of sp³-hybridized carbons (Fsp3) is 0.500. The first-order valence-corrected chi connectivity index (χ1v) is 6.44. The first kappa shape index (κ1) is 13.8. The zero-order chi connectivity index (χ0) is 14.0. The molecule has 1 N–H and O–H groups in total. The second-order valence-electron chi connectivity index (χ2n) is 5.19. The van der Waals surface area contributed by atoms with Crippen molar-refractivity contribution in [1.29, 1.82) is 0 Å². The molecule has 1 atom stereocenters. The summed E-state index contributed by atoms with van der Waals surface area (Å²) in [6.07, 6.45) is 2.02. The fourth-order valence-corrected chi connectivity index (χ4v) is 2.73. The molecule has 0 radical (unpaired) electrons. The van der Waals surface area contributed by atoms with Crippen molar-refractivity contribution < 1.29 is 14.3 Å². The van der Waals surface area contributed by atoms with Crippen molar-refractivity contribution in [1.82, 2.24) is 4.90 Å². The van der Waals surface area contributed by atoms with Crippen LogP contribution in [0.4, 0.5) is 10.1 Å². The Kier molecular flexibility index (Phi) is 4.04. The zero-order valence-electron chi connectivity index (χ0n) is 11.3. The van der Waals surface area contributed by atoms with E-state index < -0.39 is 11.8 Å². The predicted octanol–water partition coefficient (Wildman–Crippen LogP) is 2.05. The normalized spacial score (nSPS) is 19.2. The molecular weight excluding hydrogens is 247 g/mol. The van der Waals surface area contributed by atoms with E-state index in [0.29, 0.717) is 5.69 Å². The van der Waals surface area contributed by atoms with E-state index in [1.54, 1.807) is 12.1 Å². The van der Waals surface area contributed by atoms with Crippen molar-refractivity contribution in [2.45, 2.75) is 18.9 Å². The van der Waals surface area contributed by atoms with E-state index in [9.17, 15) is 14.3 Å². The molecule has 1 aromatic carbocycles. The topological polar surface area (TPSA) is 43.8 Å². The number of hydrogen-bond donors (Lipinski definition) is 1. The van der Waals surface area contributed by atoms with Crippen LogP contribution in [0.2, 0.25) is 0 Å². The molecule has 2 rings (SSSR count). The number of hydrogen-bond acceptors (Lipinski definition) is 3. The Morgan fingerprint density at radius 2 is 2.26 bits per heavy atom. The van der Waals surface area contributed by atoms with E-state index in [1.165, 1.54) is 6.07 Å². The average molecular weight is 266 g/mol. The summed E-state index contributed by atoms with van der Waals surface area (Å²) in [5.74, 6) is -1.87. The minimum atomic E-state index is -1.20. The zero-order valence-corrected chi connectivity index (χ0v) is 11.3. The summed E-state index contributed by atoms with van der Waals surface area (Å²) in [6, 6.07) is 4.71. The highest BCUT2D eigenvalue weighted by Gasteiger charge is 2.29. The minimum absolute atomic E-state index is 0.215. The molecule has 0 saturated carbocycles. The van der Waals surface area contributed by atoms with Crippen molar-refractivity contribution in [2.24, 2.45) is 0 Å². The van der Waals surface area contributed by atoms with Gasteiger partial charge in [0.15, 0.2) is 0 Å². The van der Waals surface area contributed by atoms with Crippen LogP contribution in [-0.4, -0.2) is 49.2 Å². The lowest BCUT2D eigenvalue weighted by Gasteiger charge is -2.30. The van der Waals surface area contributed by atoms with Gasteiger partial charge in [0.1, 0.15) is 11.4 Å². The van der Waals surface area contributed by atoms with Crippen LogP contribution in [0.5, 0.6) is 0 Å². The van der Waals surface area contributed by atoms with Gasteiger partial charge in [-0.1, -0.05) is 6.07 Å². The second kappa shape index (κ2) is 5.57. The van der Waals surface area contributed by atoms with Gasteiger partial charge in [-0.25, -0.2) is 9.18 Å². The number of anilines is 1. The third-order valence-electron chi connectivity index (χ3n) is 3.47. The quantitative estimate of drug-likeness (QED) is 0.906. The van der Waals surface area contributed by atoms with Crippen molar-refractivity contribution >= 4 is 11.7 Å². The molecular formula is C14H19FN2O2. The van der Waals surface area contributed by atoms with Gasteiger partial charge in [-0.2, -0.15) is 0 Å². The standard InChI is InChI=1S/C14H19FN2O2/c1-16(2)9-10-5-4-8-17(10)12-7-3-6-11(15)13(12)14(18)19/h3,6-7,10H,4-5,8-9H2,1-2H3,(H,18,19). The molecule has 1 fully saturated rings. The Labute approximate surface area is 112 Å². The Morgan fingerprint density at radius 1 is 1.53 bits per heavy atom. The summed E-state index contributed by atoms with van der Waals surface area (Å²) in [7, 11) is 3.97. The maximum Gasteiger partial charge on any atom is 0.340 e. The maximum atomic E-state index is 13.7. The van der Waals surface area contributed by atoms with E-state index >= 15 is 0 Å². The van der Waals surface area contributed by atoms with E-state index in [0.717, 1.165) is 25.9 Å². The van der Waals surface area contributed by atoms with Gasteiger partial charge >= 0.3 is 5.97 Å². The average Bonchev–Trinajstić information content (AvgIpc) is 2.75. The van der Waals surface area contributed by atoms with Gasteiger partial charge in [0.2, 0.25) is 0 Å². The summed E-state index contributed by atoms with van der Waals surface area (Å²) >= 11 is 0. The number of carboxylic acid groups (broad SMARTS) is 1. The third-order valence-corrected chi connectivity index (χ3v) is 3.47. The molecule has 1 aliphatic heterocycles. The van der Waals surface area contributed by atoms with E-state index in [-0.39, 0.29) is 11.6 Å². The van der Waals surface area contributed by atoms with Crippen LogP contribution in [0.25, 0.3) is 0 Å². The smallest absolute Gasteiger partial charge is 0.340 e. The van der Waals surface area contributed by atoms with Gasteiger partial charge in [0.25, 0.3) is 0 Å². The van der Waals surface area contributed by atoms with E-state index in [2.05, 4.69) is 4.90 Å². The van der Waals surface area contributed by atoms with Crippen LogP contribution in [-0.2, 0) is 0 Å². The molecule has 1 aliphatic rings. The summed E-state index contributed by atoms with van der Waals surface area (Å²) in [6.45, 7) is 1.62. The number of carbonyl (C=O) groups is 1. The van der Waals surface area contributed by atoms with Crippen molar-refractivity contribution in [3.8, 4) is 0 Å². The Morgan fingerprint density at radius 3 is 2.89 bits per heavy atom. The molecule has 0 aromatic heterocycles. The molecule has 19 heavy (non-hydrogen) atoms. The molecule has 0 aliphatic carbocycles. The van der Waals surface area contributed by atoms with Crippen LogP contribution in [0, 0.1) is 5.82 Å². The number of nitrogens with zero attached hydrogens (tertiary/aromatic N) is 2. The van der Waals surface area contributed by atoms with Gasteiger partial charge in [-0.3, -0.25) is 0 Å². The lowest BCUT2D eigenvalue weighted by Crippen LogP contribution is -2.38. The molecule has 1 saturated heterocycles. The summed E-state index contributed by atoms with van der Waals surface area (Å²) in [5.41, 5.74) is 0.282. The van der Waals surface area contributed by atoms with Gasteiger partial charge < -0.3 is 14.9 Å². The molecule has 1 aromatic rings. The van der Waals surface area contributed by atoms with Crippen LogP contribution < -0.4 is 4.90 Å². The predicted molar refractivity (Wildman–Crippen MR) is 72.3 cm³/mol. The largest absolute Gasteiger partial charge is 0.478 e. The summed E-state index contributed by atoms with van der Waals surface area (Å²) < 4.78 is 13.7. The monoisotopic (exact) mass is 266 g/mol. The van der Waals surface area contributed by atoms with Crippen LogP contribution in [0.1, 0.15) is 23.2 Å². The van der Waals surface area contributed by atoms with E-state index in [4.69, 9.17) is 0 Å². The fourth-order valence-electron chi connectivity index (χ4n) is 2.73. The number of benzene rings is 1. The molecule has 104 valence electrons. The number of carboxylic acids is 1. The number of aromatic carboxylic acids is 1. The maximum absolute atomic E-state index is 13.7. The molecule has 4 nitrogen and oxygen atoms in total. The first-order chi connectivity index (χ1) is 9.00. The molecule has 1 heterocycles.